The third-order valence-electron chi connectivity index (χ3n) is 4.94. The van der Waals surface area contributed by atoms with Gasteiger partial charge in [0.05, 0.1) is 15.2 Å². The number of benzene rings is 2. The first-order chi connectivity index (χ1) is 13.1. The molecular formula is C21H21BrN2O2S. The van der Waals surface area contributed by atoms with Crippen LogP contribution in [0, 0.1) is 0 Å². The third-order valence-corrected chi connectivity index (χ3v) is 6.67. The van der Waals surface area contributed by atoms with Gasteiger partial charge in [-0.3, -0.25) is 4.79 Å². The van der Waals surface area contributed by atoms with Crippen molar-refractivity contribution in [2.75, 3.05) is 13.1 Å². The van der Waals surface area contributed by atoms with E-state index in [0.29, 0.717) is 11.7 Å². The first-order valence-electron chi connectivity index (χ1n) is 9.16. The SMILES string of the molecule is C[C@@H](Oc1ccc(Br)cc1)C(=O)N1CCC(c2nc3ccccc3s2)CC1. The first kappa shape index (κ1) is 18.4. The van der Waals surface area contributed by atoms with E-state index in [0.717, 1.165) is 35.9 Å². The third kappa shape index (κ3) is 4.17. The number of fused-ring (bicyclic) bond motifs is 1. The fourth-order valence-electron chi connectivity index (χ4n) is 3.44. The Balaban J connectivity index is 1.35. The molecule has 0 N–H and O–H groups in total. The number of halogens is 1. The van der Waals surface area contributed by atoms with Gasteiger partial charge in [0.25, 0.3) is 5.91 Å². The fraction of sp³-hybridized carbons (Fsp3) is 0.333. The summed E-state index contributed by atoms with van der Waals surface area (Å²) in [5.74, 6) is 1.21. The summed E-state index contributed by atoms with van der Waals surface area (Å²) < 4.78 is 8.04. The second kappa shape index (κ2) is 7.98. The maximum Gasteiger partial charge on any atom is 0.263 e. The molecule has 0 bridgehead atoms. The molecule has 2 heterocycles. The zero-order chi connectivity index (χ0) is 18.8. The van der Waals surface area contributed by atoms with E-state index in [1.165, 1.54) is 9.71 Å². The molecule has 0 unspecified atom stereocenters. The van der Waals surface area contributed by atoms with Crippen molar-refractivity contribution in [3.8, 4) is 5.75 Å². The van der Waals surface area contributed by atoms with Gasteiger partial charge in [-0.05, 0) is 56.2 Å². The summed E-state index contributed by atoms with van der Waals surface area (Å²) in [5, 5.41) is 1.20. The van der Waals surface area contributed by atoms with Crippen LogP contribution < -0.4 is 4.74 Å². The van der Waals surface area contributed by atoms with E-state index < -0.39 is 6.10 Å². The Kier molecular flexibility index (Phi) is 5.45. The number of rotatable bonds is 4. The number of ether oxygens (including phenoxy) is 1. The molecule has 2 aromatic carbocycles. The summed E-state index contributed by atoms with van der Waals surface area (Å²) in [6, 6.07) is 15.8. The summed E-state index contributed by atoms with van der Waals surface area (Å²) >= 11 is 5.18. The van der Waals surface area contributed by atoms with Gasteiger partial charge >= 0.3 is 0 Å². The number of aromatic nitrogens is 1. The van der Waals surface area contributed by atoms with Crippen LogP contribution in [0.4, 0.5) is 0 Å². The van der Waals surface area contributed by atoms with Crippen LogP contribution in [0.3, 0.4) is 0 Å². The molecule has 1 saturated heterocycles. The molecule has 1 amide bonds. The monoisotopic (exact) mass is 444 g/mol. The predicted octanol–water partition coefficient (Wildman–Crippen LogP) is 5.23. The van der Waals surface area contributed by atoms with Crippen molar-refractivity contribution in [1.82, 2.24) is 9.88 Å². The highest BCUT2D eigenvalue weighted by Crippen LogP contribution is 2.34. The molecule has 0 aliphatic carbocycles. The van der Waals surface area contributed by atoms with Gasteiger partial charge in [0.15, 0.2) is 6.10 Å². The topological polar surface area (TPSA) is 42.4 Å². The molecule has 0 spiro atoms. The lowest BCUT2D eigenvalue weighted by Crippen LogP contribution is -2.44. The van der Waals surface area contributed by atoms with Gasteiger partial charge in [0, 0.05) is 23.5 Å². The van der Waals surface area contributed by atoms with Crippen molar-refractivity contribution >= 4 is 43.4 Å². The number of thiazole rings is 1. The normalized spacial score (nSPS) is 16.4. The van der Waals surface area contributed by atoms with Crippen molar-refractivity contribution < 1.29 is 9.53 Å². The van der Waals surface area contributed by atoms with E-state index in [1.807, 2.05) is 42.2 Å². The van der Waals surface area contributed by atoms with Crippen LogP contribution in [0.1, 0.15) is 30.7 Å². The lowest BCUT2D eigenvalue weighted by molar-refractivity contribution is -0.139. The van der Waals surface area contributed by atoms with Crippen LogP contribution in [0.25, 0.3) is 10.2 Å². The summed E-state index contributed by atoms with van der Waals surface area (Å²) in [6.45, 7) is 3.34. The maximum absolute atomic E-state index is 12.7. The number of para-hydroxylation sites is 1. The fourth-order valence-corrected chi connectivity index (χ4v) is 4.84. The average Bonchev–Trinajstić information content (AvgIpc) is 3.13. The van der Waals surface area contributed by atoms with E-state index in [9.17, 15) is 4.79 Å². The van der Waals surface area contributed by atoms with Crippen LogP contribution in [-0.2, 0) is 4.79 Å². The second-order valence-corrected chi connectivity index (χ2v) is 8.81. The number of likely N-dealkylation sites (tertiary alicyclic amines) is 1. The number of hydrogen-bond donors (Lipinski definition) is 0. The van der Waals surface area contributed by atoms with Crippen LogP contribution in [0.15, 0.2) is 53.0 Å². The number of piperidine rings is 1. The van der Waals surface area contributed by atoms with Gasteiger partial charge in [-0.15, -0.1) is 11.3 Å². The molecule has 4 rings (SSSR count). The summed E-state index contributed by atoms with van der Waals surface area (Å²) in [6.07, 6.45) is 1.43. The van der Waals surface area contributed by atoms with Crippen molar-refractivity contribution in [3.63, 3.8) is 0 Å². The van der Waals surface area contributed by atoms with Crippen LogP contribution in [0.2, 0.25) is 0 Å². The molecule has 27 heavy (non-hydrogen) atoms. The second-order valence-electron chi connectivity index (χ2n) is 6.83. The van der Waals surface area contributed by atoms with E-state index in [-0.39, 0.29) is 5.91 Å². The Bertz CT molecular complexity index is 900. The molecule has 1 aliphatic rings. The molecule has 1 aliphatic heterocycles. The zero-order valence-electron chi connectivity index (χ0n) is 15.1. The highest BCUT2D eigenvalue weighted by Gasteiger charge is 2.29. The minimum Gasteiger partial charge on any atom is -0.481 e. The molecule has 4 nitrogen and oxygen atoms in total. The van der Waals surface area contributed by atoms with Gasteiger partial charge in [0.2, 0.25) is 0 Å². The largest absolute Gasteiger partial charge is 0.481 e. The van der Waals surface area contributed by atoms with E-state index in [2.05, 4.69) is 34.1 Å². The number of carbonyl (C=O) groups is 1. The van der Waals surface area contributed by atoms with Crippen LogP contribution in [0.5, 0.6) is 5.75 Å². The molecule has 0 saturated carbocycles. The summed E-state index contributed by atoms with van der Waals surface area (Å²) in [5.41, 5.74) is 1.08. The van der Waals surface area contributed by atoms with Crippen LogP contribution >= 0.6 is 27.3 Å². The molecule has 3 aromatic rings. The number of amides is 1. The van der Waals surface area contributed by atoms with Crippen LogP contribution in [-0.4, -0.2) is 35.0 Å². The Hall–Kier alpha value is -1.92. The summed E-state index contributed by atoms with van der Waals surface area (Å²) in [4.78, 5) is 19.4. The Morgan fingerprint density at radius 2 is 1.89 bits per heavy atom. The van der Waals surface area contributed by atoms with Crippen molar-refractivity contribution in [2.24, 2.45) is 0 Å². The average molecular weight is 445 g/mol. The van der Waals surface area contributed by atoms with E-state index >= 15 is 0 Å². The molecule has 1 fully saturated rings. The van der Waals surface area contributed by atoms with Gasteiger partial charge in [-0.1, -0.05) is 28.1 Å². The van der Waals surface area contributed by atoms with E-state index in [4.69, 9.17) is 9.72 Å². The lowest BCUT2D eigenvalue weighted by atomic mass is 9.97. The Labute approximate surface area is 171 Å². The molecular weight excluding hydrogens is 424 g/mol. The van der Waals surface area contributed by atoms with E-state index in [1.54, 1.807) is 11.3 Å². The number of nitrogens with zero attached hydrogens (tertiary/aromatic N) is 2. The summed E-state index contributed by atoms with van der Waals surface area (Å²) in [7, 11) is 0. The molecule has 6 heteroatoms. The van der Waals surface area contributed by atoms with Gasteiger partial charge in [-0.25, -0.2) is 4.98 Å². The minimum atomic E-state index is -0.481. The standard InChI is InChI=1S/C21H21BrN2O2S/c1-14(26-17-8-6-16(22)7-9-17)21(25)24-12-10-15(11-13-24)20-23-18-4-2-3-5-19(18)27-20/h2-9,14-15H,10-13H2,1H3/t14-/m1/s1. The smallest absolute Gasteiger partial charge is 0.263 e. The molecule has 0 radical (unpaired) electrons. The zero-order valence-corrected chi connectivity index (χ0v) is 17.5. The quantitative estimate of drug-likeness (QED) is 0.552. The van der Waals surface area contributed by atoms with Crippen molar-refractivity contribution in [2.45, 2.75) is 31.8 Å². The molecule has 1 aromatic heterocycles. The Morgan fingerprint density at radius 3 is 2.59 bits per heavy atom. The first-order valence-corrected chi connectivity index (χ1v) is 10.8. The Morgan fingerprint density at radius 1 is 1.19 bits per heavy atom. The lowest BCUT2D eigenvalue weighted by Gasteiger charge is -2.32. The van der Waals surface area contributed by atoms with Crippen molar-refractivity contribution in [1.29, 1.82) is 0 Å². The highest BCUT2D eigenvalue weighted by atomic mass is 79.9. The molecule has 140 valence electrons. The number of carbonyl (C=O) groups excluding carboxylic acids is 1. The maximum atomic E-state index is 12.7. The molecule has 1 atom stereocenters. The predicted molar refractivity (Wildman–Crippen MR) is 112 cm³/mol. The van der Waals surface area contributed by atoms with Gasteiger partial charge < -0.3 is 9.64 Å². The highest BCUT2D eigenvalue weighted by molar-refractivity contribution is 9.10. The number of hydrogen-bond acceptors (Lipinski definition) is 4. The van der Waals surface area contributed by atoms with Gasteiger partial charge in [-0.2, -0.15) is 0 Å². The minimum absolute atomic E-state index is 0.0562. The van der Waals surface area contributed by atoms with Gasteiger partial charge in [0.1, 0.15) is 5.75 Å². The van der Waals surface area contributed by atoms with Crippen molar-refractivity contribution in [3.05, 3.63) is 58.0 Å².